The van der Waals surface area contributed by atoms with Crippen LogP contribution >= 0.6 is 0 Å². The van der Waals surface area contributed by atoms with Gasteiger partial charge in [-0.05, 0) is 11.6 Å². The Morgan fingerprint density at radius 2 is 1.39 bits per heavy atom. The van der Waals surface area contributed by atoms with Crippen LogP contribution in [0.25, 0.3) is 33.4 Å². The average Bonchev–Trinajstić information content (AvgIpc) is 3.02. The van der Waals surface area contributed by atoms with Gasteiger partial charge in [0.25, 0.3) is 11.2 Å². The van der Waals surface area contributed by atoms with Gasteiger partial charge in [0.1, 0.15) is 11.1 Å². The molecule has 0 bridgehead atoms. The van der Waals surface area contributed by atoms with E-state index >= 15 is 0 Å². The predicted octanol–water partition coefficient (Wildman–Crippen LogP) is 1.93. The molecule has 1 N–H and O–H groups in total. The first-order valence-electron chi connectivity index (χ1n) is 8.89. The third-order valence-electron chi connectivity index (χ3n) is 5.39. The van der Waals surface area contributed by atoms with E-state index in [1.165, 1.54) is 11.6 Å². The van der Waals surface area contributed by atoms with Crippen LogP contribution in [0.4, 0.5) is 0 Å². The van der Waals surface area contributed by atoms with Gasteiger partial charge in [0.2, 0.25) is 0 Å². The normalized spacial score (nSPS) is 12.3. The van der Waals surface area contributed by atoms with Crippen molar-refractivity contribution in [2.24, 2.45) is 14.1 Å². The highest BCUT2D eigenvalue weighted by Crippen LogP contribution is 2.40. The van der Waals surface area contributed by atoms with Crippen LogP contribution in [0.2, 0.25) is 0 Å². The van der Waals surface area contributed by atoms with Crippen molar-refractivity contribution in [3.63, 3.8) is 0 Å². The lowest BCUT2D eigenvalue weighted by Crippen LogP contribution is -2.40. The lowest BCUT2D eigenvalue weighted by atomic mass is 9.95. The maximum atomic E-state index is 13.3. The first kappa shape index (κ1) is 16.4. The highest BCUT2D eigenvalue weighted by molar-refractivity contribution is 6.25. The monoisotopic (exact) mass is 370 g/mol. The minimum Gasteiger partial charge on any atom is -0.288 e. The number of rotatable bonds is 1. The molecule has 1 aliphatic rings. The molecule has 2 aromatic carbocycles. The number of pyridine rings is 1. The van der Waals surface area contributed by atoms with Crippen molar-refractivity contribution in [1.29, 1.82) is 0 Å². The number of carbonyl (C=O) groups is 1. The number of aromatic amines is 1. The number of aromatic nitrogens is 3. The van der Waals surface area contributed by atoms with Crippen molar-refractivity contribution in [3.05, 3.63) is 86.6 Å². The van der Waals surface area contributed by atoms with E-state index in [0.29, 0.717) is 33.4 Å². The number of ketones is 1. The number of fused-ring (bicyclic) bond motifs is 4. The van der Waals surface area contributed by atoms with E-state index in [2.05, 4.69) is 4.98 Å². The third kappa shape index (κ3) is 1.97. The zero-order valence-corrected chi connectivity index (χ0v) is 15.3. The number of hydrogen-bond acceptors (Lipinski definition) is 3. The summed E-state index contributed by atoms with van der Waals surface area (Å²) in [5.74, 6) is -0.126. The van der Waals surface area contributed by atoms with E-state index < -0.39 is 11.2 Å². The molecule has 6 heteroatoms. The maximum Gasteiger partial charge on any atom is 0.417 e. The molecular weight excluding hydrogens is 354 g/mol. The summed E-state index contributed by atoms with van der Waals surface area (Å²) in [4.78, 5) is 42.1. The molecular formula is C22H16N3O3+. The molecule has 5 rings (SSSR count). The second kappa shape index (κ2) is 5.60. The zero-order chi connectivity index (χ0) is 19.6. The Hall–Kier alpha value is -3.80. The minimum absolute atomic E-state index is 0.126. The minimum atomic E-state index is -0.431. The molecule has 1 aliphatic carbocycles. The van der Waals surface area contributed by atoms with Gasteiger partial charge < -0.3 is 0 Å². The van der Waals surface area contributed by atoms with Crippen molar-refractivity contribution >= 4 is 16.8 Å². The van der Waals surface area contributed by atoms with E-state index in [0.717, 1.165) is 15.7 Å². The van der Waals surface area contributed by atoms with Crippen molar-refractivity contribution in [1.82, 2.24) is 9.13 Å². The topological polar surface area (TPSA) is 75.2 Å². The number of H-pyrrole nitrogens is 1. The van der Waals surface area contributed by atoms with Crippen molar-refractivity contribution < 1.29 is 9.78 Å². The van der Waals surface area contributed by atoms with E-state index in [-0.39, 0.29) is 5.78 Å². The van der Waals surface area contributed by atoms with Crippen molar-refractivity contribution in [2.45, 2.75) is 0 Å². The zero-order valence-electron chi connectivity index (χ0n) is 15.3. The summed E-state index contributed by atoms with van der Waals surface area (Å²) in [6.45, 7) is 0. The molecule has 0 saturated carbocycles. The van der Waals surface area contributed by atoms with Gasteiger partial charge in [-0.3, -0.25) is 9.59 Å². The number of nitrogens with zero attached hydrogens (tertiary/aromatic N) is 2. The van der Waals surface area contributed by atoms with Gasteiger partial charge in [-0.1, -0.05) is 48.5 Å². The molecule has 4 aromatic rings. The van der Waals surface area contributed by atoms with Crippen LogP contribution in [-0.2, 0) is 14.1 Å². The van der Waals surface area contributed by atoms with Crippen LogP contribution in [0, 0.1) is 0 Å². The fourth-order valence-electron chi connectivity index (χ4n) is 4.00. The Morgan fingerprint density at radius 1 is 0.750 bits per heavy atom. The first-order valence-corrected chi connectivity index (χ1v) is 8.89. The summed E-state index contributed by atoms with van der Waals surface area (Å²) in [5.41, 5.74) is 3.32. The fourth-order valence-corrected chi connectivity index (χ4v) is 4.00. The number of aryl methyl sites for hydroxylation is 1. The van der Waals surface area contributed by atoms with Crippen molar-refractivity contribution in [2.75, 3.05) is 0 Å². The van der Waals surface area contributed by atoms with Gasteiger partial charge in [0.15, 0.2) is 5.78 Å². The van der Waals surface area contributed by atoms with Gasteiger partial charge in [0, 0.05) is 23.7 Å². The Kier molecular flexibility index (Phi) is 3.27. The lowest BCUT2D eigenvalue weighted by molar-refractivity contribution is -0.336. The Morgan fingerprint density at radius 3 is 2.11 bits per heavy atom. The molecule has 0 radical (unpaired) electrons. The first-order chi connectivity index (χ1) is 13.5. The third-order valence-corrected chi connectivity index (χ3v) is 5.39. The van der Waals surface area contributed by atoms with Gasteiger partial charge in [0.05, 0.1) is 12.6 Å². The van der Waals surface area contributed by atoms with Crippen LogP contribution < -0.4 is 16.2 Å². The van der Waals surface area contributed by atoms with E-state index in [9.17, 15) is 14.4 Å². The molecule has 28 heavy (non-hydrogen) atoms. The Balaban J connectivity index is 2.09. The summed E-state index contributed by atoms with van der Waals surface area (Å²) in [6.07, 6.45) is 0. The van der Waals surface area contributed by atoms with E-state index in [1.807, 2.05) is 48.5 Å². The lowest BCUT2D eigenvalue weighted by Gasteiger charge is -2.11. The fraction of sp³-hybridized carbons (Fsp3) is 0.0909. The highest BCUT2D eigenvalue weighted by Gasteiger charge is 2.36. The molecule has 0 amide bonds. The Bertz CT molecular complexity index is 1430. The Labute approximate surface area is 159 Å². The molecule has 0 aliphatic heterocycles. The second-order valence-electron chi connectivity index (χ2n) is 6.92. The van der Waals surface area contributed by atoms with Crippen LogP contribution in [0.3, 0.4) is 0 Å². The van der Waals surface area contributed by atoms with Gasteiger partial charge in [-0.15, -0.1) is 0 Å². The molecule has 0 unspecified atom stereocenters. The molecule has 136 valence electrons. The number of nitrogens with one attached hydrogen (secondary N) is 1. The molecule has 0 fully saturated rings. The van der Waals surface area contributed by atoms with Crippen LogP contribution in [0.5, 0.6) is 0 Å². The standard InChI is InChI=1S/C22H15N3O3/c1-24-20-17(21(27)25(2)22(24)28)15(12-8-4-3-5-9-12)16-18(23-20)13-10-6-7-11-14(13)19(16)26/h3-11H,1-2H3/p+1. The molecule has 6 nitrogen and oxygen atoms in total. The van der Waals surface area contributed by atoms with E-state index in [4.69, 9.17) is 0 Å². The molecule has 0 spiro atoms. The summed E-state index contributed by atoms with van der Waals surface area (Å²) in [7, 11) is 3.06. The van der Waals surface area contributed by atoms with Gasteiger partial charge in [-0.25, -0.2) is 14.3 Å². The largest absolute Gasteiger partial charge is 0.417 e. The molecule has 0 atom stereocenters. The number of carbonyl (C=O) groups excluding carboxylic acids is 1. The van der Waals surface area contributed by atoms with E-state index in [1.54, 1.807) is 13.1 Å². The van der Waals surface area contributed by atoms with Gasteiger partial charge in [-0.2, -0.15) is 4.57 Å². The quantitative estimate of drug-likeness (QED) is 0.452. The second-order valence-corrected chi connectivity index (χ2v) is 6.92. The molecule has 0 saturated heterocycles. The van der Waals surface area contributed by atoms with Crippen LogP contribution in [0.1, 0.15) is 15.9 Å². The highest BCUT2D eigenvalue weighted by atomic mass is 16.2. The SMILES string of the molecule is Cn1c(=O)c2c(-c3ccccc3)c3c([nH+]c2n(C)c1=O)-c1ccccc1C3=O. The van der Waals surface area contributed by atoms with Gasteiger partial charge >= 0.3 is 5.69 Å². The number of benzene rings is 2. The predicted molar refractivity (Wildman–Crippen MR) is 105 cm³/mol. The summed E-state index contributed by atoms with van der Waals surface area (Å²) in [5, 5.41) is 0.329. The van der Waals surface area contributed by atoms with Crippen molar-refractivity contribution in [3.8, 4) is 22.4 Å². The summed E-state index contributed by atoms with van der Waals surface area (Å²) < 4.78 is 2.48. The number of hydrogen-bond donors (Lipinski definition) is 0. The average molecular weight is 370 g/mol. The van der Waals surface area contributed by atoms with Crippen LogP contribution in [0.15, 0.2) is 64.2 Å². The summed E-state index contributed by atoms with van der Waals surface area (Å²) >= 11 is 0. The molecule has 2 aromatic heterocycles. The smallest absolute Gasteiger partial charge is 0.288 e. The maximum absolute atomic E-state index is 13.3. The van der Waals surface area contributed by atoms with Crippen LogP contribution in [-0.4, -0.2) is 14.9 Å². The summed E-state index contributed by atoms with van der Waals surface area (Å²) in [6, 6.07) is 16.7. The molecule has 2 heterocycles.